The summed E-state index contributed by atoms with van der Waals surface area (Å²) in [6, 6.07) is 48.4. The van der Waals surface area contributed by atoms with Gasteiger partial charge in [0.2, 0.25) is 0 Å². The van der Waals surface area contributed by atoms with Crippen molar-refractivity contribution in [3.8, 4) is 0 Å². The number of hydrogen-bond donors (Lipinski definition) is 0. The van der Waals surface area contributed by atoms with Gasteiger partial charge in [-0.05, 0) is 0 Å². The first-order chi connectivity index (χ1) is 17.3. The Labute approximate surface area is 205 Å². The molecular formula is C32H26FOP. The van der Waals surface area contributed by atoms with E-state index in [9.17, 15) is 4.39 Å². The van der Waals surface area contributed by atoms with E-state index in [1.807, 2.05) is 24.3 Å². The zero-order valence-electron chi connectivity index (χ0n) is 19.3. The fraction of sp³-hybridized carbons (Fsp3) is 0.0625. The van der Waals surface area contributed by atoms with Crippen molar-refractivity contribution in [2.24, 2.45) is 0 Å². The fourth-order valence-corrected chi connectivity index (χ4v) is 11.8. The Morgan fingerprint density at radius 3 is 1.49 bits per heavy atom. The molecule has 1 atom stereocenters. The van der Waals surface area contributed by atoms with Gasteiger partial charge in [0.05, 0.1) is 0 Å². The van der Waals surface area contributed by atoms with Crippen LogP contribution in [0.25, 0.3) is 0 Å². The van der Waals surface area contributed by atoms with Crippen molar-refractivity contribution in [3.63, 3.8) is 0 Å². The molecule has 0 unspecified atom stereocenters. The van der Waals surface area contributed by atoms with Crippen LogP contribution in [0.2, 0.25) is 0 Å². The normalized spacial score (nSPS) is 18.8. The Kier molecular flexibility index (Phi) is 5.37. The summed E-state index contributed by atoms with van der Waals surface area (Å²) in [5.74, 6) is 0. The van der Waals surface area contributed by atoms with Crippen LogP contribution in [0.1, 0.15) is 22.8 Å². The van der Waals surface area contributed by atoms with E-state index in [4.69, 9.17) is 4.52 Å². The molecule has 1 aliphatic heterocycles. The van der Waals surface area contributed by atoms with Gasteiger partial charge in [-0.2, -0.15) is 0 Å². The number of alkyl halides is 1. The SMILES string of the molecule is FCc1ccc([C@@H]2OP(c3ccccc3)(c3ccccc3)(c3ccccc3)c3ccccc32)cc1. The van der Waals surface area contributed by atoms with Crippen molar-refractivity contribution in [1.82, 2.24) is 0 Å². The van der Waals surface area contributed by atoms with Gasteiger partial charge in [-0.1, -0.05) is 0 Å². The number of rotatable bonds is 5. The van der Waals surface area contributed by atoms with Crippen LogP contribution in [0, 0.1) is 0 Å². The standard InChI is InChI=1S/C32H26FOP/c33-24-25-20-22-26(23-21-25)32-30-18-10-11-19-31(30)35(34-32,27-12-4-1-5-13-27,28-14-6-2-7-15-28)29-16-8-3-9-17-29/h1-23,32H,24H2/t32-/m0/s1. The van der Waals surface area contributed by atoms with E-state index in [0.717, 1.165) is 11.1 Å². The van der Waals surface area contributed by atoms with Crippen molar-refractivity contribution in [3.05, 3.63) is 156 Å². The van der Waals surface area contributed by atoms with Gasteiger partial charge in [0.15, 0.2) is 0 Å². The molecule has 0 saturated heterocycles. The Hall–Kier alpha value is -3.58. The predicted octanol–water partition coefficient (Wildman–Crippen LogP) is 6.35. The van der Waals surface area contributed by atoms with Gasteiger partial charge in [0, 0.05) is 0 Å². The molecule has 0 N–H and O–H groups in total. The minimum atomic E-state index is -3.60. The van der Waals surface area contributed by atoms with Gasteiger partial charge in [0.1, 0.15) is 0 Å². The summed E-state index contributed by atoms with van der Waals surface area (Å²) >= 11 is 0. The molecule has 0 aromatic heterocycles. The average Bonchev–Trinajstić information content (AvgIpc) is 3.28. The summed E-state index contributed by atoms with van der Waals surface area (Å²) in [5.41, 5.74) is 2.87. The molecule has 1 aliphatic rings. The Morgan fingerprint density at radius 1 is 0.543 bits per heavy atom. The molecule has 0 aliphatic carbocycles. The van der Waals surface area contributed by atoms with Crippen LogP contribution in [0.4, 0.5) is 4.39 Å². The Balaban J connectivity index is 1.77. The van der Waals surface area contributed by atoms with Gasteiger partial charge in [-0.3, -0.25) is 0 Å². The molecule has 6 rings (SSSR count). The van der Waals surface area contributed by atoms with Crippen LogP contribution in [-0.2, 0) is 11.2 Å². The minimum absolute atomic E-state index is 0.279. The van der Waals surface area contributed by atoms with Crippen molar-refractivity contribution in [2.45, 2.75) is 12.8 Å². The van der Waals surface area contributed by atoms with Crippen LogP contribution in [-0.4, -0.2) is 0 Å². The molecule has 172 valence electrons. The molecule has 0 radical (unpaired) electrons. The molecule has 0 amide bonds. The third-order valence-electron chi connectivity index (χ3n) is 7.18. The number of halogens is 1. The molecule has 0 fully saturated rings. The monoisotopic (exact) mass is 476 g/mol. The topological polar surface area (TPSA) is 9.23 Å². The molecule has 5 aromatic rings. The summed E-state index contributed by atoms with van der Waals surface area (Å²) in [4.78, 5) is 0. The number of benzene rings is 5. The summed E-state index contributed by atoms with van der Waals surface area (Å²) in [6.07, 6.45) is -0.279. The van der Waals surface area contributed by atoms with Crippen molar-refractivity contribution < 1.29 is 8.91 Å². The molecule has 3 heteroatoms. The van der Waals surface area contributed by atoms with E-state index in [2.05, 4.69) is 115 Å². The van der Waals surface area contributed by atoms with Crippen molar-refractivity contribution in [2.75, 3.05) is 0 Å². The van der Waals surface area contributed by atoms with Gasteiger partial charge >= 0.3 is 206 Å². The van der Waals surface area contributed by atoms with Crippen LogP contribution in [0.15, 0.2) is 140 Å². The first-order valence-electron chi connectivity index (χ1n) is 11.9. The first-order valence-corrected chi connectivity index (χ1v) is 14.0. The second-order valence-electron chi connectivity index (χ2n) is 8.96. The summed E-state index contributed by atoms with van der Waals surface area (Å²) < 4.78 is 21.0. The van der Waals surface area contributed by atoms with E-state index in [0.29, 0.717) is 5.56 Å². The van der Waals surface area contributed by atoms with Gasteiger partial charge in [-0.15, -0.1) is 0 Å². The molecule has 35 heavy (non-hydrogen) atoms. The van der Waals surface area contributed by atoms with Gasteiger partial charge in [0.25, 0.3) is 0 Å². The zero-order chi connectivity index (χ0) is 23.7. The molecule has 0 bridgehead atoms. The van der Waals surface area contributed by atoms with Crippen molar-refractivity contribution in [1.29, 1.82) is 0 Å². The van der Waals surface area contributed by atoms with Crippen molar-refractivity contribution >= 4 is 28.0 Å². The summed E-state index contributed by atoms with van der Waals surface area (Å²) in [7, 11) is 0. The third kappa shape index (κ3) is 3.07. The third-order valence-corrected chi connectivity index (χ3v) is 13.0. The predicted molar refractivity (Wildman–Crippen MR) is 145 cm³/mol. The van der Waals surface area contributed by atoms with E-state index >= 15 is 0 Å². The summed E-state index contributed by atoms with van der Waals surface area (Å²) in [5, 5.41) is 4.74. The number of hydrogen-bond acceptors (Lipinski definition) is 1. The summed E-state index contributed by atoms with van der Waals surface area (Å²) in [6.45, 7) is -4.08. The second-order valence-corrected chi connectivity index (χ2v) is 13.3. The van der Waals surface area contributed by atoms with Gasteiger partial charge < -0.3 is 0 Å². The molecule has 1 heterocycles. The maximum atomic E-state index is 13.3. The molecule has 5 aromatic carbocycles. The van der Waals surface area contributed by atoms with Crippen LogP contribution in [0.5, 0.6) is 0 Å². The first kappa shape index (κ1) is 21.9. The molecular weight excluding hydrogens is 450 g/mol. The van der Waals surface area contributed by atoms with Gasteiger partial charge in [-0.25, -0.2) is 0 Å². The van der Waals surface area contributed by atoms with E-state index in [1.165, 1.54) is 21.2 Å². The van der Waals surface area contributed by atoms with E-state index in [1.54, 1.807) is 0 Å². The average molecular weight is 477 g/mol. The second kappa shape index (κ2) is 8.57. The van der Waals surface area contributed by atoms with Crippen LogP contribution in [0.3, 0.4) is 0 Å². The Morgan fingerprint density at radius 2 is 1.00 bits per heavy atom. The van der Waals surface area contributed by atoms with E-state index < -0.39 is 13.5 Å². The zero-order valence-corrected chi connectivity index (χ0v) is 20.2. The van der Waals surface area contributed by atoms with Crippen LogP contribution >= 0.6 is 6.83 Å². The van der Waals surface area contributed by atoms with Crippen LogP contribution < -0.4 is 21.2 Å². The Bertz CT molecular complexity index is 1350. The quantitative estimate of drug-likeness (QED) is 0.269. The van der Waals surface area contributed by atoms with E-state index in [-0.39, 0.29) is 6.10 Å². The number of fused-ring (bicyclic) bond motifs is 1. The fourth-order valence-electron chi connectivity index (χ4n) is 5.63. The maximum absolute atomic E-state index is 13.3. The molecule has 0 spiro atoms. The molecule has 1 nitrogen and oxygen atoms in total. The molecule has 0 saturated carbocycles.